The van der Waals surface area contributed by atoms with Gasteiger partial charge in [0, 0.05) is 19.7 Å². The summed E-state index contributed by atoms with van der Waals surface area (Å²) in [5, 5.41) is 0. The van der Waals surface area contributed by atoms with Crippen LogP contribution in [0.1, 0.15) is 19.3 Å². The third kappa shape index (κ3) is 1.51. The fourth-order valence-corrected chi connectivity index (χ4v) is 1.94. The van der Waals surface area contributed by atoms with E-state index in [1.807, 2.05) is 7.11 Å². The van der Waals surface area contributed by atoms with Crippen molar-refractivity contribution in [3.05, 3.63) is 12.2 Å². The first-order valence-corrected chi connectivity index (χ1v) is 4.72. The Morgan fingerprint density at radius 3 is 2.92 bits per heavy atom. The fourth-order valence-electron chi connectivity index (χ4n) is 1.94. The standard InChI is InChI=1S/C10H16NO/c1-12-10-7-9(8-10)11-5-3-2-4-6-11/h3,9-10H,4-8H2,1H3/q+1. The Bertz CT molecular complexity index is 173. The molecule has 66 valence electrons. The van der Waals surface area contributed by atoms with Gasteiger partial charge >= 0.3 is 0 Å². The average Bonchev–Trinajstić information content (AvgIpc) is 2.04. The molecule has 2 heteroatoms. The lowest BCUT2D eigenvalue weighted by atomic mass is 9.87. The zero-order chi connectivity index (χ0) is 8.39. The highest BCUT2D eigenvalue weighted by Gasteiger charge is 2.34. The summed E-state index contributed by atoms with van der Waals surface area (Å²) in [5.41, 5.74) is 0. The normalized spacial score (nSPS) is 35.8. The third-order valence-corrected chi connectivity index (χ3v) is 2.93. The van der Waals surface area contributed by atoms with Crippen molar-refractivity contribution in [1.82, 2.24) is 4.90 Å². The van der Waals surface area contributed by atoms with Crippen LogP contribution < -0.4 is 0 Å². The number of rotatable bonds is 2. The summed E-state index contributed by atoms with van der Waals surface area (Å²) in [4.78, 5) is 2.53. The molecule has 2 aliphatic rings. The molecule has 12 heavy (non-hydrogen) atoms. The number of methoxy groups -OCH3 is 1. The quantitative estimate of drug-likeness (QED) is 0.572. The molecular formula is C10H16NO+. The Labute approximate surface area is 74.2 Å². The zero-order valence-corrected chi connectivity index (χ0v) is 7.62. The first-order chi connectivity index (χ1) is 5.90. The molecule has 1 aliphatic carbocycles. The highest BCUT2D eigenvalue weighted by atomic mass is 16.5. The molecule has 0 amide bonds. The monoisotopic (exact) mass is 166 g/mol. The lowest BCUT2D eigenvalue weighted by Gasteiger charge is -2.41. The van der Waals surface area contributed by atoms with Crippen LogP contribution in [0.3, 0.4) is 0 Å². The van der Waals surface area contributed by atoms with E-state index in [9.17, 15) is 0 Å². The van der Waals surface area contributed by atoms with Gasteiger partial charge < -0.3 is 4.74 Å². The molecule has 0 bridgehead atoms. The Kier molecular flexibility index (Phi) is 2.40. The maximum Gasteiger partial charge on any atom is 0.220 e. The second-order valence-electron chi connectivity index (χ2n) is 3.64. The first kappa shape index (κ1) is 8.18. The molecule has 1 saturated carbocycles. The number of hydrogen-bond acceptors (Lipinski definition) is 2. The second-order valence-corrected chi connectivity index (χ2v) is 3.64. The van der Waals surface area contributed by atoms with Gasteiger partial charge in [0.15, 0.2) is 12.5 Å². The molecule has 0 atom stereocenters. The van der Waals surface area contributed by atoms with Crippen molar-refractivity contribution in [2.75, 3.05) is 20.2 Å². The summed E-state index contributed by atoms with van der Waals surface area (Å²) in [6, 6.07) is 0.785. The van der Waals surface area contributed by atoms with E-state index in [0.29, 0.717) is 6.10 Å². The molecule has 1 aliphatic heterocycles. The molecule has 2 rings (SSSR count). The van der Waals surface area contributed by atoms with E-state index in [1.165, 1.54) is 19.4 Å². The molecule has 0 radical (unpaired) electrons. The van der Waals surface area contributed by atoms with Gasteiger partial charge in [-0.2, -0.15) is 0 Å². The molecule has 0 N–H and O–H groups in total. The van der Waals surface area contributed by atoms with Crippen LogP contribution in [0.2, 0.25) is 0 Å². The van der Waals surface area contributed by atoms with Crippen LogP contribution in [0.15, 0.2) is 6.08 Å². The Hall–Kier alpha value is -0.430. The zero-order valence-electron chi connectivity index (χ0n) is 7.62. The maximum atomic E-state index is 5.25. The molecule has 0 spiro atoms. The van der Waals surface area contributed by atoms with Crippen LogP contribution in [0.4, 0.5) is 0 Å². The number of ether oxygens (including phenoxy) is 1. The summed E-state index contributed by atoms with van der Waals surface area (Å²) >= 11 is 0. The summed E-state index contributed by atoms with van der Waals surface area (Å²) < 4.78 is 5.25. The lowest BCUT2D eigenvalue weighted by molar-refractivity contribution is -0.0245. The molecule has 1 fully saturated rings. The van der Waals surface area contributed by atoms with Crippen LogP contribution in [-0.4, -0.2) is 37.2 Å². The topological polar surface area (TPSA) is 12.5 Å². The van der Waals surface area contributed by atoms with E-state index in [-0.39, 0.29) is 0 Å². The molecule has 1 heterocycles. The SMILES string of the molecule is COC1CC(N2CC=[C+]CC2)C1. The third-order valence-electron chi connectivity index (χ3n) is 2.93. The molecular weight excluding hydrogens is 150 g/mol. The van der Waals surface area contributed by atoms with E-state index in [2.05, 4.69) is 17.1 Å². The van der Waals surface area contributed by atoms with E-state index in [4.69, 9.17) is 4.74 Å². The largest absolute Gasteiger partial charge is 0.381 e. The van der Waals surface area contributed by atoms with E-state index >= 15 is 0 Å². The molecule has 2 nitrogen and oxygen atoms in total. The number of nitrogens with zero attached hydrogens (tertiary/aromatic N) is 1. The minimum atomic E-state index is 0.532. The molecule has 0 aromatic heterocycles. The minimum absolute atomic E-state index is 0.532. The predicted molar refractivity (Wildman–Crippen MR) is 47.8 cm³/mol. The van der Waals surface area contributed by atoms with Gasteiger partial charge in [-0.25, -0.2) is 0 Å². The summed E-state index contributed by atoms with van der Waals surface area (Å²) in [5.74, 6) is 0. The van der Waals surface area contributed by atoms with Gasteiger partial charge in [-0.3, -0.25) is 4.90 Å². The van der Waals surface area contributed by atoms with Crippen molar-refractivity contribution in [1.29, 1.82) is 0 Å². The van der Waals surface area contributed by atoms with Crippen molar-refractivity contribution >= 4 is 0 Å². The van der Waals surface area contributed by atoms with Crippen LogP contribution in [-0.2, 0) is 4.74 Å². The number of hydrogen-bond donors (Lipinski definition) is 0. The van der Waals surface area contributed by atoms with E-state index in [0.717, 1.165) is 19.0 Å². The van der Waals surface area contributed by atoms with Gasteiger partial charge in [0.2, 0.25) is 6.08 Å². The van der Waals surface area contributed by atoms with Gasteiger partial charge in [-0.05, 0) is 12.8 Å². The summed E-state index contributed by atoms with van der Waals surface area (Å²) in [6.45, 7) is 2.29. The van der Waals surface area contributed by atoms with Crippen LogP contribution in [0, 0.1) is 6.08 Å². The van der Waals surface area contributed by atoms with Crippen molar-refractivity contribution in [3.63, 3.8) is 0 Å². The van der Waals surface area contributed by atoms with Crippen LogP contribution in [0.25, 0.3) is 0 Å². The average molecular weight is 166 g/mol. The lowest BCUT2D eigenvalue weighted by Crippen LogP contribution is -2.48. The smallest absolute Gasteiger partial charge is 0.220 e. The van der Waals surface area contributed by atoms with E-state index in [1.54, 1.807) is 0 Å². The Morgan fingerprint density at radius 1 is 1.50 bits per heavy atom. The molecule has 0 unspecified atom stereocenters. The van der Waals surface area contributed by atoms with Gasteiger partial charge in [-0.1, -0.05) is 0 Å². The summed E-state index contributed by atoms with van der Waals surface area (Å²) in [6.07, 6.45) is 9.49. The maximum absolute atomic E-state index is 5.25. The van der Waals surface area contributed by atoms with Crippen molar-refractivity contribution in [2.45, 2.75) is 31.4 Å². The molecule has 0 aromatic rings. The molecule has 0 saturated heterocycles. The van der Waals surface area contributed by atoms with Gasteiger partial charge in [-0.15, -0.1) is 0 Å². The second kappa shape index (κ2) is 3.53. The van der Waals surface area contributed by atoms with Crippen molar-refractivity contribution in [2.24, 2.45) is 0 Å². The predicted octanol–water partition coefficient (Wildman–Crippen LogP) is 1.23. The van der Waals surface area contributed by atoms with Crippen LogP contribution in [0.5, 0.6) is 0 Å². The Balaban J connectivity index is 1.76. The first-order valence-electron chi connectivity index (χ1n) is 4.72. The molecule has 0 aromatic carbocycles. The van der Waals surface area contributed by atoms with E-state index < -0.39 is 0 Å². The highest BCUT2D eigenvalue weighted by Crippen LogP contribution is 2.28. The fraction of sp³-hybridized carbons (Fsp3) is 0.800. The van der Waals surface area contributed by atoms with Crippen LogP contribution >= 0.6 is 0 Å². The Morgan fingerprint density at radius 2 is 2.33 bits per heavy atom. The highest BCUT2D eigenvalue weighted by molar-refractivity contribution is 4.94. The van der Waals surface area contributed by atoms with Gasteiger partial charge in [0.25, 0.3) is 0 Å². The van der Waals surface area contributed by atoms with Crippen molar-refractivity contribution < 1.29 is 4.74 Å². The minimum Gasteiger partial charge on any atom is -0.381 e. The van der Waals surface area contributed by atoms with Gasteiger partial charge in [0.1, 0.15) is 0 Å². The van der Waals surface area contributed by atoms with Crippen molar-refractivity contribution in [3.8, 4) is 0 Å². The van der Waals surface area contributed by atoms with Gasteiger partial charge in [0.05, 0.1) is 12.6 Å². The summed E-state index contributed by atoms with van der Waals surface area (Å²) in [7, 11) is 1.81.